The van der Waals surface area contributed by atoms with Gasteiger partial charge in [-0.2, -0.15) is 0 Å². The van der Waals surface area contributed by atoms with Crippen LogP contribution in [0.5, 0.6) is 0 Å². The van der Waals surface area contributed by atoms with Gasteiger partial charge in [0.2, 0.25) is 5.91 Å². The van der Waals surface area contributed by atoms with Gasteiger partial charge >= 0.3 is 0 Å². The number of nitrogens with zero attached hydrogens (tertiary/aromatic N) is 1. The Balaban J connectivity index is 1.54. The molecule has 0 aromatic rings. The molecule has 4 heteroatoms. The van der Waals surface area contributed by atoms with Gasteiger partial charge in [-0.15, -0.1) is 0 Å². The van der Waals surface area contributed by atoms with Gasteiger partial charge in [0.05, 0.1) is 11.7 Å². The summed E-state index contributed by atoms with van der Waals surface area (Å²) in [5, 5.41) is 10.1. The molecule has 0 radical (unpaired) electrons. The Morgan fingerprint density at radius 1 is 1.28 bits per heavy atom. The van der Waals surface area contributed by atoms with Crippen LogP contribution in [0.25, 0.3) is 0 Å². The minimum absolute atomic E-state index is 0.303. The number of likely N-dealkylation sites (tertiary alicyclic amines) is 1. The number of hydrogen-bond acceptors (Lipinski definition) is 3. The largest absolute Gasteiger partial charge is 0.390 e. The summed E-state index contributed by atoms with van der Waals surface area (Å²) in [7, 11) is 0. The zero-order chi connectivity index (χ0) is 12.6. The number of carbonyl (C=O) groups is 1. The maximum atomic E-state index is 12.0. The summed E-state index contributed by atoms with van der Waals surface area (Å²) >= 11 is 0. The molecule has 4 nitrogen and oxygen atoms in total. The summed E-state index contributed by atoms with van der Waals surface area (Å²) in [4.78, 5) is 14.0. The molecule has 0 aromatic heterocycles. The van der Waals surface area contributed by atoms with Crippen LogP contribution in [0.2, 0.25) is 0 Å². The van der Waals surface area contributed by atoms with E-state index in [1.54, 1.807) is 0 Å². The predicted molar refractivity (Wildman–Crippen MR) is 67.1 cm³/mol. The smallest absolute Gasteiger partial charge is 0.222 e. The summed E-state index contributed by atoms with van der Waals surface area (Å²) in [6.07, 6.45) is 6.23. The Hall–Kier alpha value is -0.610. The molecule has 2 aliphatic heterocycles. The fourth-order valence-electron chi connectivity index (χ4n) is 3.22. The van der Waals surface area contributed by atoms with Crippen LogP contribution in [0.4, 0.5) is 0 Å². The first-order valence-electron chi connectivity index (χ1n) is 7.29. The van der Waals surface area contributed by atoms with Crippen LogP contribution in [0.15, 0.2) is 0 Å². The van der Waals surface area contributed by atoms with Crippen molar-refractivity contribution in [2.45, 2.75) is 56.7 Å². The number of rotatable bonds is 2. The van der Waals surface area contributed by atoms with Crippen LogP contribution in [0.3, 0.4) is 0 Å². The minimum Gasteiger partial charge on any atom is -0.390 e. The number of amides is 1. The second-order valence-electron chi connectivity index (χ2n) is 6.10. The van der Waals surface area contributed by atoms with E-state index < -0.39 is 0 Å². The molecule has 0 aromatic carbocycles. The molecule has 1 N–H and O–H groups in total. The van der Waals surface area contributed by atoms with Crippen molar-refractivity contribution in [2.24, 2.45) is 5.92 Å². The number of ether oxygens (including phenoxy) is 1. The maximum absolute atomic E-state index is 12.0. The van der Waals surface area contributed by atoms with Crippen molar-refractivity contribution >= 4 is 5.91 Å². The first-order valence-corrected chi connectivity index (χ1v) is 7.29. The van der Waals surface area contributed by atoms with E-state index in [9.17, 15) is 9.90 Å². The third-order valence-electron chi connectivity index (χ3n) is 4.74. The molecule has 18 heavy (non-hydrogen) atoms. The summed E-state index contributed by atoms with van der Waals surface area (Å²) < 4.78 is 5.85. The Labute approximate surface area is 108 Å². The van der Waals surface area contributed by atoms with Crippen LogP contribution in [0, 0.1) is 5.92 Å². The van der Waals surface area contributed by atoms with Gasteiger partial charge in [-0.25, -0.2) is 0 Å². The van der Waals surface area contributed by atoms with E-state index >= 15 is 0 Å². The third kappa shape index (κ3) is 2.41. The average molecular weight is 253 g/mol. The minimum atomic E-state index is -0.353. The molecule has 1 aliphatic carbocycles. The third-order valence-corrected chi connectivity index (χ3v) is 4.74. The lowest BCUT2D eigenvalue weighted by Crippen LogP contribution is -2.56. The molecule has 3 rings (SSSR count). The summed E-state index contributed by atoms with van der Waals surface area (Å²) in [5.41, 5.74) is -0.353. The van der Waals surface area contributed by atoms with Gasteiger partial charge in [-0.05, 0) is 44.4 Å². The molecule has 1 amide bonds. The van der Waals surface area contributed by atoms with E-state index in [2.05, 4.69) is 0 Å². The van der Waals surface area contributed by atoms with Gasteiger partial charge in [0.1, 0.15) is 0 Å². The van der Waals surface area contributed by atoms with Crippen molar-refractivity contribution in [1.82, 2.24) is 4.90 Å². The number of aliphatic hydroxyl groups is 1. The van der Waals surface area contributed by atoms with Gasteiger partial charge in [-0.1, -0.05) is 0 Å². The fourth-order valence-corrected chi connectivity index (χ4v) is 3.22. The second-order valence-corrected chi connectivity index (χ2v) is 6.10. The molecule has 1 spiro atoms. The molecule has 102 valence electrons. The van der Waals surface area contributed by atoms with Crippen molar-refractivity contribution in [3.63, 3.8) is 0 Å². The highest BCUT2D eigenvalue weighted by atomic mass is 16.5. The average Bonchev–Trinajstić information content (AvgIpc) is 3.18. The van der Waals surface area contributed by atoms with E-state index in [-0.39, 0.29) is 11.7 Å². The molecule has 0 unspecified atom stereocenters. The molecule has 3 fully saturated rings. The maximum Gasteiger partial charge on any atom is 0.222 e. The number of piperidine rings is 1. The summed E-state index contributed by atoms with van der Waals surface area (Å²) in [6.45, 7) is 2.26. The van der Waals surface area contributed by atoms with Gasteiger partial charge in [0.25, 0.3) is 0 Å². The van der Waals surface area contributed by atoms with Crippen LogP contribution in [-0.4, -0.2) is 47.3 Å². The lowest BCUT2D eigenvalue weighted by molar-refractivity contribution is -0.179. The highest BCUT2D eigenvalue weighted by Crippen LogP contribution is 2.37. The normalized spacial score (nSPS) is 31.6. The quantitative estimate of drug-likeness (QED) is 0.807. The SMILES string of the molecule is O=C(CC1CC1)N1CCC2(CC1)OCCC[C@H]2O. The standard InChI is InChI=1S/C14H23NO3/c16-12-2-1-9-18-14(12)5-7-15(8-6-14)13(17)10-11-3-4-11/h11-12,16H,1-10H2/t12-/m1/s1. The van der Waals surface area contributed by atoms with Crippen molar-refractivity contribution in [1.29, 1.82) is 0 Å². The predicted octanol–water partition coefficient (Wildman–Crippen LogP) is 1.32. The van der Waals surface area contributed by atoms with E-state index in [4.69, 9.17) is 4.74 Å². The Bertz CT molecular complexity index is 319. The molecule has 1 atom stereocenters. The van der Waals surface area contributed by atoms with Crippen molar-refractivity contribution < 1.29 is 14.6 Å². The number of hydrogen-bond donors (Lipinski definition) is 1. The Morgan fingerprint density at radius 2 is 2.00 bits per heavy atom. The van der Waals surface area contributed by atoms with E-state index in [1.165, 1.54) is 12.8 Å². The first kappa shape index (κ1) is 12.4. The zero-order valence-corrected chi connectivity index (χ0v) is 10.9. The Morgan fingerprint density at radius 3 is 2.61 bits per heavy atom. The fraction of sp³-hybridized carbons (Fsp3) is 0.929. The Kier molecular flexibility index (Phi) is 3.32. The zero-order valence-electron chi connectivity index (χ0n) is 10.9. The van der Waals surface area contributed by atoms with E-state index in [1.807, 2.05) is 4.90 Å². The molecule has 2 saturated heterocycles. The lowest BCUT2D eigenvalue weighted by atomic mass is 9.82. The monoisotopic (exact) mass is 253 g/mol. The van der Waals surface area contributed by atoms with Crippen molar-refractivity contribution in [3.05, 3.63) is 0 Å². The van der Waals surface area contributed by atoms with Crippen LogP contribution in [-0.2, 0) is 9.53 Å². The lowest BCUT2D eigenvalue weighted by Gasteiger charge is -2.46. The van der Waals surface area contributed by atoms with E-state index in [0.717, 1.165) is 51.8 Å². The second kappa shape index (κ2) is 4.82. The van der Waals surface area contributed by atoms with Crippen LogP contribution >= 0.6 is 0 Å². The van der Waals surface area contributed by atoms with Crippen LogP contribution < -0.4 is 0 Å². The summed E-state index contributed by atoms with van der Waals surface area (Å²) in [5.74, 6) is 0.961. The van der Waals surface area contributed by atoms with Gasteiger partial charge < -0.3 is 14.7 Å². The number of aliphatic hydroxyl groups excluding tert-OH is 1. The molecule has 1 saturated carbocycles. The highest BCUT2D eigenvalue weighted by molar-refractivity contribution is 5.76. The van der Waals surface area contributed by atoms with Gasteiger partial charge in [0.15, 0.2) is 0 Å². The van der Waals surface area contributed by atoms with Crippen molar-refractivity contribution in [3.8, 4) is 0 Å². The van der Waals surface area contributed by atoms with Crippen LogP contribution in [0.1, 0.15) is 44.9 Å². The highest BCUT2D eigenvalue weighted by Gasteiger charge is 2.44. The number of carbonyl (C=O) groups excluding carboxylic acids is 1. The van der Waals surface area contributed by atoms with Crippen molar-refractivity contribution in [2.75, 3.05) is 19.7 Å². The first-order chi connectivity index (χ1) is 8.70. The molecule has 0 bridgehead atoms. The molecular formula is C14H23NO3. The molecule has 2 heterocycles. The van der Waals surface area contributed by atoms with E-state index in [0.29, 0.717) is 11.8 Å². The van der Waals surface area contributed by atoms with Gasteiger partial charge in [0, 0.05) is 26.1 Å². The topological polar surface area (TPSA) is 49.8 Å². The van der Waals surface area contributed by atoms with Gasteiger partial charge in [-0.3, -0.25) is 4.79 Å². The summed E-state index contributed by atoms with van der Waals surface area (Å²) in [6, 6.07) is 0. The molecule has 3 aliphatic rings. The molecular weight excluding hydrogens is 230 g/mol.